The largest absolute Gasteiger partial charge is 0.483 e. The van der Waals surface area contributed by atoms with Crippen LogP contribution in [0.25, 0.3) is 0 Å². The molecule has 0 saturated heterocycles. The van der Waals surface area contributed by atoms with Crippen LogP contribution in [0.15, 0.2) is 30.7 Å². The highest BCUT2D eigenvalue weighted by Crippen LogP contribution is 2.21. The summed E-state index contributed by atoms with van der Waals surface area (Å²) < 4.78 is 40.2. The minimum Gasteiger partial charge on any atom is -0.483 e. The van der Waals surface area contributed by atoms with Crippen molar-refractivity contribution >= 4 is 22.4 Å². The molecule has 2 aromatic rings. The monoisotopic (exact) mass is 438 g/mol. The lowest BCUT2D eigenvalue weighted by molar-refractivity contribution is -0.122. The van der Waals surface area contributed by atoms with Crippen LogP contribution in [0.5, 0.6) is 0 Å². The summed E-state index contributed by atoms with van der Waals surface area (Å²) in [5.41, 5.74) is 2.40. The second kappa shape index (κ2) is 10.2. The van der Waals surface area contributed by atoms with Crippen LogP contribution in [0, 0.1) is 5.82 Å². The SMILES string of the molecule is CC(C)S(=O)(=O)NCc1cnc2c(c1)CN(C(=O)c1ccncc1F)CC2.O=CO. The van der Waals surface area contributed by atoms with Gasteiger partial charge in [0.2, 0.25) is 10.0 Å². The topological polar surface area (TPSA) is 130 Å². The Hall–Kier alpha value is -2.92. The number of halogens is 1. The molecule has 1 amide bonds. The number of nitrogens with zero attached hydrogens (tertiary/aromatic N) is 3. The molecule has 0 atom stereocenters. The lowest BCUT2D eigenvalue weighted by Crippen LogP contribution is -2.37. The average molecular weight is 438 g/mol. The molecule has 1 aliphatic heterocycles. The second-order valence-electron chi connectivity index (χ2n) is 6.80. The van der Waals surface area contributed by atoms with E-state index in [9.17, 15) is 17.6 Å². The highest BCUT2D eigenvalue weighted by atomic mass is 32.2. The van der Waals surface area contributed by atoms with Crippen molar-refractivity contribution in [1.82, 2.24) is 19.6 Å². The fraction of sp³-hybridized carbons (Fsp3) is 0.368. The highest BCUT2D eigenvalue weighted by molar-refractivity contribution is 7.90. The van der Waals surface area contributed by atoms with E-state index in [-0.39, 0.29) is 18.6 Å². The van der Waals surface area contributed by atoms with Crippen LogP contribution in [0.3, 0.4) is 0 Å². The number of carbonyl (C=O) groups excluding carboxylic acids is 1. The predicted molar refractivity (Wildman–Crippen MR) is 106 cm³/mol. The highest BCUT2D eigenvalue weighted by Gasteiger charge is 2.25. The van der Waals surface area contributed by atoms with Gasteiger partial charge in [-0.3, -0.25) is 19.6 Å². The Morgan fingerprint density at radius 2 is 2.10 bits per heavy atom. The van der Waals surface area contributed by atoms with Crippen molar-refractivity contribution in [2.75, 3.05) is 6.54 Å². The van der Waals surface area contributed by atoms with Crippen LogP contribution in [0.1, 0.15) is 41.0 Å². The molecular weight excluding hydrogens is 415 g/mol. The zero-order chi connectivity index (χ0) is 22.3. The van der Waals surface area contributed by atoms with E-state index in [2.05, 4.69) is 14.7 Å². The molecule has 30 heavy (non-hydrogen) atoms. The molecule has 162 valence electrons. The summed E-state index contributed by atoms with van der Waals surface area (Å²) in [7, 11) is -3.37. The van der Waals surface area contributed by atoms with Gasteiger partial charge in [0.15, 0.2) is 5.82 Å². The van der Waals surface area contributed by atoms with Crippen LogP contribution in [-0.4, -0.2) is 52.6 Å². The molecule has 0 saturated carbocycles. The molecule has 3 rings (SSSR count). The number of carbonyl (C=O) groups is 2. The van der Waals surface area contributed by atoms with Gasteiger partial charge in [-0.15, -0.1) is 0 Å². The Labute approximate surface area is 174 Å². The summed E-state index contributed by atoms with van der Waals surface area (Å²) in [4.78, 5) is 30.6. The Morgan fingerprint density at radius 1 is 1.40 bits per heavy atom. The van der Waals surface area contributed by atoms with E-state index < -0.39 is 27.0 Å². The van der Waals surface area contributed by atoms with E-state index in [1.54, 1.807) is 24.9 Å². The van der Waals surface area contributed by atoms with Gasteiger partial charge in [0.05, 0.1) is 17.0 Å². The van der Waals surface area contributed by atoms with Crippen molar-refractivity contribution in [3.8, 4) is 0 Å². The third-order valence-electron chi connectivity index (χ3n) is 4.48. The first-order valence-electron chi connectivity index (χ1n) is 9.11. The molecule has 0 aliphatic carbocycles. The fourth-order valence-electron chi connectivity index (χ4n) is 2.82. The third-order valence-corrected chi connectivity index (χ3v) is 6.27. The fourth-order valence-corrected chi connectivity index (χ4v) is 3.52. The van der Waals surface area contributed by atoms with Crippen molar-refractivity contribution < 1.29 is 27.5 Å². The number of carboxylic acid groups (broad SMARTS) is 1. The predicted octanol–water partition coefficient (Wildman–Crippen LogP) is 1.34. The molecule has 0 bridgehead atoms. The minimum absolute atomic E-state index is 0.0118. The van der Waals surface area contributed by atoms with Gasteiger partial charge in [-0.1, -0.05) is 0 Å². The van der Waals surface area contributed by atoms with Gasteiger partial charge in [-0.25, -0.2) is 17.5 Å². The van der Waals surface area contributed by atoms with E-state index in [0.717, 1.165) is 17.5 Å². The maximum atomic E-state index is 13.8. The van der Waals surface area contributed by atoms with Crippen LogP contribution < -0.4 is 4.72 Å². The van der Waals surface area contributed by atoms with E-state index in [1.807, 2.05) is 6.07 Å². The van der Waals surface area contributed by atoms with Gasteiger partial charge in [0.1, 0.15) is 0 Å². The van der Waals surface area contributed by atoms with Crippen LogP contribution >= 0.6 is 0 Å². The summed E-state index contributed by atoms with van der Waals surface area (Å²) in [5.74, 6) is -1.05. The zero-order valence-corrected chi connectivity index (χ0v) is 17.4. The molecular formula is C19H23FN4O5S. The first kappa shape index (κ1) is 23.4. The quantitative estimate of drug-likeness (QED) is 0.674. The van der Waals surface area contributed by atoms with E-state index >= 15 is 0 Å². The maximum absolute atomic E-state index is 13.8. The second-order valence-corrected chi connectivity index (χ2v) is 9.12. The lowest BCUT2D eigenvalue weighted by atomic mass is 10.0. The number of nitrogens with one attached hydrogen (secondary N) is 1. The lowest BCUT2D eigenvalue weighted by Gasteiger charge is -2.28. The molecule has 0 unspecified atom stereocenters. The van der Waals surface area contributed by atoms with Gasteiger partial charge in [-0.2, -0.15) is 0 Å². The number of rotatable bonds is 5. The van der Waals surface area contributed by atoms with E-state index in [1.165, 1.54) is 12.3 Å². The summed E-state index contributed by atoms with van der Waals surface area (Å²) in [5, 5.41) is 6.37. The third kappa shape index (κ3) is 5.80. The van der Waals surface area contributed by atoms with Crippen molar-refractivity contribution in [2.24, 2.45) is 0 Å². The molecule has 3 heterocycles. The summed E-state index contributed by atoms with van der Waals surface area (Å²) in [6, 6.07) is 3.20. The van der Waals surface area contributed by atoms with Crippen LogP contribution in [-0.2, 0) is 34.3 Å². The van der Waals surface area contributed by atoms with Crippen molar-refractivity contribution in [1.29, 1.82) is 0 Å². The van der Waals surface area contributed by atoms with Crippen molar-refractivity contribution in [3.05, 3.63) is 58.9 Å². The summed E-state index contributed by atoms with van der Waals surface area (Å²) in [6.07, 6.45) is 4.60. The van der Waals surface area contributed by atoms with Crippen LogP contribution in [0.4, 0.5) is 4.39 Å². The molecule has 2 N–H and O–H groups in total. The van der Waals surface area contributed by atoms with E-state index in [0.29, 0.717) is 25.1 Å². The zero-order valence-electron chi connectivity index (χ0n) is 16.6. The van der Waals surface area contributed by atoms with Gasteiger partial charge in [0, 0.05) is 44.1 Å². The molecule has 2 aromatic heterocycles. The molecule has 0 spiro atoms. The first-order chi connectivity index (χ1) is 14.2. The Kier molecular flexibility index (Phi) is 7.95. The Bertz CT molecular complexity index is 1010. The normalized spacial score (nSPS) is 13.3. The average Bonchev–Trinajstić information content (AvgIpc) is 2.72. The van der Waals surface area contributed by atoms with E-state index in [4.69, 9.17) is 9.90 Å². The Balaban J connectivity index is 0.00000101. The Morgan fingerprint density at radius 3 is 2.73 bits per heavy atom. The minimum atomic E-state index is -3.37. The van der Waals surface area contributed by atoms with Crippen LogP contribution in [0.2, 0.25) is 0 Å². The number of sulfonamides is 1. The molecule has 11 heteroatoms. The standard InChI is InChI=1S/C18H21FN4O3S.CH2O2/c1-12(2)27(25,26)22-9-13-7-14-11-23(6-4-17(14)21-8-13)18(24)15-3-5-20-10-16(15)19;2-1-3/h3,5,7-8,10,12,22H,4,6,9,11H2,1-2H3;1H,(H,2,3). The molecule has 1 aliphatic rings. The van der Waals surface area contributed by atoms with Gasteiger partial charge in [0.25, 0.3) is 12.4 Å². The van der Waals surface area contributed by atoms with Crippen molar-refractivity contribution in [2.45, 2.75) is 38.6 Å². The number of aromatic nitrogens is 2. The smallest absolute Gasteiger partial charge is 0.290 e. The maximum Gasteiger partial charge on any atom is 0.290 e. The number of pyridine rings is 2. The van der Waals surface area contributed by atoms with Gasteiger partial charge in [-0.05, 0) is 37.1 Å². The molecule has 0 fully saturated rings. The molecule has 0 radical (unpaired) electrons. The van der Waals surface area contributed by atoms with Gasteiger partial charge < -0.3 is 10.0 Å². The number of hydrogen-bond acceptors (Lipinski definition) is 6. The number of fused-ring (bicyclic) bond motifs is 1. The summed E-state index contributed by atoms with van der Waals surface area (Å²) >= 11 is 0. The molecule has 0 aromatic carbocycles. The summed E-state index contributed by atoms with van der Waals surface area (Å²) in [6.45, 7) is 3.84. The number of hydrogen-bond donors (Lipinski definition) is 2. The van der Waals surface area contributed by atoms with Crippen molar-refractivity contribution in [3.63, 3.8) is 0 Å². The van der Waals surface area contributed by atoms with Gasteiger partial charge >= 0.3 is 0 Å². The first-order valence-corrected chi connectivity index (χ1v) is 10.7. The molecule has 9 nitrogen and oxygen atoms in total. The number of amides is 1.